The van der Waals surface area contributed by atoms with E-state index in [4.69, 9.17) is 9.15 Å². The van der Waals surface area contributed by atoms with Crippen LogP contribution >= 0.6 is 0 Å². The molecule has 0 saturated carbocycles. The zero-order valence-corrected chi connectivity index (χ0v) is 12.3. The molecular formula is C16H23NO3. The summed E-state index contributed by atoms with van der Waals surface area (Å²) in [4.78, 5) is 0. The highest BCUT2D eigenvalue weighted by Crippen LogP contribution is 2.24. The van der Waals surface area contributed by atoms with Gasteiger partial charge in [0.15, 0.2) is 0 Å². The van der Waals surface area contributed by atoms with E-state index in [9.17, 15) is 5.11 Å². The molecule has 0 radical (unpaired) electrons. The van der Waals surface area contributed by atoms with Crippen molar-refractivity contribution in [2.75, 3.05) is 13.7 Å². The molecule has 0 aliphatic carbocycles. The molecule has 1 aromatic heterocycles. The number of nitrogens with one attached hydrogen (secondary N) is 1. The summed E-state index contributed by atoms with van der Waals surface area (Å²) >= 11 is 0. The largest absolute Gasteiger partial charge is 0.497 e. The second-order valence-corrected chi connectivity index (χ2v) is 5.20. The lowest BCUT2D eigenvalue weighted by atomic mass is 10.0. The Morgan fingerprint density at radius 3 is 2.85 bits per heavy atom. The van der Waals surface area contributed by atoms with Gasteiger partial charge in [-0.25, -0.2) is 0 Å². The second kappa shape index (κ2) is 6.77. The van der Waals surface area contributed by atoms with Crippen LogP contribution in [-0.2, 0) is 6.54 Å². The van der Waals surface area contributed by atoms with E-state index in [2.05, 4.69) is 19.2 Å². The van der Waals surface area contributed by atoms with Gasteiger partial charge in [0.25, 0.3) is 0 Å². The molecule has 110 valence electrons. The molecule has 20 heavy (non-hydrogen) atoms. The first-order valence-electron chi connectivity index (χ1n) is 7.09. The molecule has 0 saturated heterocycles. The molecule has 1 aromatic carbocycles. The maximum Gasteiger partial charge on any atom is 0.134 e. The van der Waals surface area contributed by atoms with Crippen molar-refractivity contribution in [2.45, 2.75) is 32.9 Å². The molecule has 0 fully saturated rings. The molecular weight excluding hydrogens is 254 g/mol. The maximum atomic E-state index is 9.89. The van der Waals surface area contributed by atoms with Crippen molar-refractivity contribution in [1.82, 2.24) is 5.32 Å². The minimum atomic E-state index is -0.315. The number of rotatable bonds is 7. The lowest BCUT2D eigenvalue weighted by Gasteiger charge is -2.17. The Bertz CT molecular complexity index is 550. The Morgan fingerprint density at radius 1 is 1.35 bits per heavy atom. The summed E-state index contributed by atoms with van der Waals surface area (Å²) in [5.74, 6) is 2.00. The Kier molecular flexibility index (Phi) is 5.04. The molecule has 0 aliphatic rings. The molecule has 0 amide bonds. The van der Waals surface area contributed by atoms with Crippen molar-refractivity contribution >= 4 is 11.0 Å². The first-order chi connectivity index (χ1) is 9.63. The van der Waals surface area contributed by atoms with Crippen LogP contribution in [0.3, 0.4) is 0 Å². The summed E-state index contributed by atoms with van der Waals surface area (Å²) in [6.07, 6.45) is 0.664. The van der Waals surface area contributed by atoms with Crippen molar-refractivity contribution in [2.24, 2.45) is 5.92 Å². The van der Waals surface area contributed by atoms with Crippen molar-refractivity contribution in [3.05, 3.63) is 30.0 Å². The SMILES string of the molecule is CCC(C)C(O)CNCc1cc2cc(OC)ccc2o1. The fourth-order valence-electron chi connectivity index (χ4n) is 2.11. The van der Waals surface area contributed by atoms with E-state index in [0.717, 1.165) is 28.9 Å². The van der Waals surface area contributed by atoms with Gasteiger partial charge in [0.2, 0.25) is 0 Å². The molecule has 0 spiro atoms. The van der Waals surface area contributed by atoms with E-state index in [-0.39, 0.29) is 6.10 Å². The predicted octanol–water partition coefficient (Wildman–Crippen LogP) is 2.94. The highest BCUT2D eigenvalue weighted by molar-refractivity contribution is 5.79. The van der Waals surface area contributed by atoms with E-state index < -0.39 is 0 Å². The number of aliphatic hydroxyl groups excluding tert-OH is 1. The van der Waals surface area contributed by atoms with Crippen LogP contribution in [0.5, 0.6) is 5.75 Å². The summed E-state index contributed by atoms with van der Waals surface area (Å²) < 4.78 is 10.9. The van der Waals surface area contributed by atoms with Gasteiger partial charge in [-0.1, -0.05) is 20.3 Å². The number of fused-ring (bicyclic) bond motifs is 1. The van der Waals surface area contributed by atoms with Crippen molar-refractivity contribution in [1.29, 1.82) is 0 Å². The monoisotopic (exact) mass is 277 g/mol. The van der Waals surface area contributed by atoms with Crippen LogP contribution in [0, 0.1) is 5.92 Å². The predicted molar refractivity (Wildman–Crippen MR) is 79.9 cm³/mol. The van der Waals surface area contributed by atoms with E-state index in [1.807, 2.05) is 24.3 Å². The molecule has 2 N–H and O–H groups in total. The van der Waals surface area contributed by atoms with Crippen LogP contribution in [0.25, 0.3) is 11.0 Å². The van der Waals surface area contributed by atoms with E-state index >= 15 is 0 Å². The van der Waals surface area contributed by atoms with Gasteiger partial charge < -0.3 is 19.6 Å². The van der Waals surface area contributed by atoms with Gasteiger partial charge in [-0.15, -0.1) is 0 Å². The lowest BCUT2D eigenvalue weighted by Crippen LogP contribution is -2.31. The first kappa shape index (κ1) is 14.9. The zero-order chi connectivity index (χ0) is 14.5. The lowest BCUT2D eigenvalue weighted by molar-refractivity contribution is 0.112. The third-order valence-electron chi connectivity index (χ3n) is 3.73. The number of ether oxygens (including phenoxy) is 1. The Labute approximate surface area is 119 Å². The minimum absolute atomic E-state index is 0.308. The van der Waals surface area contributed by atoms with E-state index in [0.29, 0.717) is 19.0 Å². The van der Waals surface area contributed by atoms with Crippen molar-refractivity contribution < 1.29 is 14.3 Å². The van der Waals surface area contributed by atoms with E-state index in [1.54, 1.807) is 7.11 Å². The van der Waals surface area contributed by atoms with Gasteiger partial charge in [0, 0.05) is 11.9 Å². The number of furan rings is 1. The number of aliphatic hydroxyl groups is 1. The molecule has 2 aromatic rings. The number of benzene rings is 1. The third-order valence-corrected chi connectivity index (χ3v) is 3.73. The van der Waals surface area contributed by atoms with Crippen LogP contribution in [0.4, 0.5) is 0 Å². The van der Waals surface area contributed by atoms with Crippen LogP contribution in [-0.4, -0.2) is 24.9 Å². The van der Waals surface area contributed by atoms with Gasteiger partial charge in [-0.05, 0) is 30.2 Å². The standard InChI is InChI=1S/C16H23NO3/c1-4-11(2)15(18)10-17-9-14-8-12-7-13(19-3)5-6-16(12)20-14/h5-8,11,15,17-18H,4,9-10H2,1-3H3. The Morgan fingerprint density at radius 2 is 2.15 bits per heavy atom. The fraction of sp³-hybridized carbons (Fsp3) is 0.500. The van der Waals surface area contributed by atoms with Crippen LogP contribution < -0.4 is 10.1 Å². The number of hydrogen-bond acceptors (Lipinski definition) is 4. The molecule has 0 bridgehead atoms. The normalized spacial score (nSPS) is 14.4. The third kappa shape index (κ3) is 3.52. The summed E-state index contributed by atoms with van der Waals surface area (Å²) in [7, 11) is 1.65. The first-order valence-corrected chi connectivity index (χ1v) is 7.09. The Hall–Kier alpha value is -1.52. The fourth-order valence-corrected chi connectivity index (χ4v) is 2.11. The molecule has 4 nitrogen and oxygen atoms in total. The zero-order valence-electron chi connectivity index (χ0n) is 12.3. The van der Waals surface area contributed by atoms with Crippen molar-refractivity contribution in [3.63, 3.8) is 0 Å². The van der Waals surface area contributed by atoms with Gasteiger partial charge in [-0.3, -0.25) is 0 Å². The molecule has 2 unspecified atom stereocenters. The summed E-state index contributed by atoms with van der Waals surface area (Å²) in [6, 6.07) is 7.75. The minimum Gasteiger partial charge on any atom is -0.497 e. The summed E-state index contributed by atoms with van der Waals surface area (Å²) in [5, 5.41) is 14.2. The smallest absolute Gasteiger partial charge is 0.134 e. The highest BCUT2D eigenvalue weighted by atomic mass is 16.5. The topological polar surface area (TPSA) is 54.6 Å². The molecule has 2 atom stereocenters. The highest BCUT2D eigenvalue weighted by Gasteiger charge is 2.12. The van der Waals surface area contributed by atoms with Gasteiger partial charge >= 0.3 is 0 Å². The average molecular weight is 277 g/mol. The number of hydrogen-bond donors (Lipinski definition) is 2. The molecule has 4 heteroatoms. The second-order valence-electron chi connectivity index (χ2n) is 5.20. The van der Waals surface area contributed by atoms with Crippen LogP contribution in [0.2, 0.25) is 0 Å². The van der Waals surface area contributed by atoms with E-state index in [1.165, 1.54) is 0 Å². The van der Waals surface area contributed by atoms with Crippen LogP contribution in [0.15, 0.2) is 28.7 Å². The van der Waals surface area contributed by atoms with Gasteiger partial charge in [0.05, 0.1) is 19.8 Å². The average Bonchev–Trinajstić information content (AvgIpc) is 2.87. The Balaban J connectivity index is 1.93. The molecule has 0 aliphatic heterocycles. The number of methoxy groups -OCH3 is 1. The quantitative estimate of drug-likeness (QED) is 0.817. The van der Waals surface area contributed by atoms with Gasteiger partial charge in [-0.2, -0.15) is 0 Å². The molecule has 1 heterocycles. The maximum absolute atomic E-state index is 9.89. The summed E-state index contributed by atoms with van der Waals surface area (Å²) in [6.45, 7) is 5.33. The summed E-state index contributed by atoms with van der Waals surface area (Å²) in [5.41, 5.74) is 0.852. The van der Waals surface area contributed by atoms with Crippen molar-refractivity contribution in [3.8, 4) is 5.75 Å². The van der Waals surface area contributed by atoms with Gasteiger partial charge in [0.1, 0.15) is 17.1 Å². The molecule has 2 rings (SSSR count). The van der Waals surface area contributed by atoms with Crippen LogP contribution in [0.1, 0.15) is 26.0 Å².